The molecule has 2 saturated heterocycles. The average Bonchev–Trinajstić information content (AvgIpc) is 3.07. The van der Waals surface area contributed by atoms with Crippen LogP contribution in [-0.4, -0.2) is 72.8 Å². The van der Waals surface area contributed by atoms with Gasteiger partial charge in [0.25, 0.3) is 0 Å². The summed E-state index contributed by atoms with van der Waals surface area (Å²) in [5.41, 5.74) is 1.54. The molecule has 242 valence electrons. The molecule has 2 aliphatic heterocycles. The Balaban J connectivity index is 1.38. The van der Waals surface area contributed by atoms with E-state index in [2.05, 4.69) is 23.6 Å². The van der Waals surface area contributed by atoms with E-state index in [0.717, 1.165) is 126 Å². The molecule has 6 heteroatoms. The number of carbonyl (C=O) groups excluding carboxylic acids is 2. The van der Waals surface area contributed by atoms with Crippen LogP contribution < -0.4 is 9.47 Å². The largest absolute Gasteiger partial charge is 0.494 e. The maximum absolute atomic E-state index is 13.8. The molecule has 0 aromatic heterocycles. The van der Waals surface area contributed by atoms with E-state index in [0.29, 0.717) is 13.2 Å². The number of hydrogen-bond donors (Lipinski definition) is 0. The second kappa shape index (κ2) is 19.0. The van der Waals surface area contributed by atoms with Crippen molar-refractivity contribution in [3.63, 3.8) is 0 Å². The molecule has 0 spiro atoms. The van der Waals surface area contributed by atoms with Gasteiger partial charge in [0.2, 0.25) is 0 Å². The number of piperidine rings is 2. The fraction of sp³-hybridized carbons (Fsp3) is 0.632. The number of nitrogens with zero attached hydrogens (tertiary/aromatic N) is 2. The number of likely N-dealkylation sites (tertiary alicyclic amines) is 2. The molecule has 6 nitrogen and oxygen atoms in total. The van der Waals surface area contributed by atoms with E-state index < -0.39 is 0 Å². The molecule has 0 aliphatic carbocycles. The van der Waals surface area contributed by atoms with Crippen LogP contribution in [0, 0.1) is 0 Å². The first-order chi connectivity index (χ1) is 21.6. The molecule has 2 fully saturated rings. The molecule has 2 aliphatic rings. The van der Waals surface area contributed by atoms with Gasteiger partial charge in [-0.05, 0) is 126 Å². The predicted octanol–water partition coefficient (Wildman–Crippen LogP) is 8.38. The van der Waals surface area contributed by atoms with Crippen molar-refractivity contribution in [2.75, 3.05) is 39.4 Å². The zero-order chi connectivity index (χ0) is 31.0. The van der Waals surface area contributed by atoms with Crippen molar-refractivity contribution in [2.45, 2.75) is 116 Å². The number of rotatable bonds is 19. The van der Waals surface area contributed by atoms with Crippen molar-refractivity contribution in [3.8, 4) is 11.5 Å². The summed E-state index contributed by atoms with van der Waals surface area (Å²) in [7, 11) is 0. The fourth-order valence-electron chi connectivity index (χ4n) is 6.58. The van der Waals surface area contributed by atoms with Gasteiger partial charge in [-0.1, -0.05) is 52.4 Å². The fourth-order valence-corrected chi connectivity index (χ4v) is 6.58. The Labute approximate surface area is 266 Å². The quantitative estimate of drug-likeness (QED) is 0.119. The molecule has 2 aromatic carbocycles. The van der Waals surface area contributed by atoms with Crippen LogP contribution in [0.25, 0.3) is 0 Å². The number of ketones is 2. The van der Waals surface area contributed by atoms with Gasteiger partial charge < -0.3 is 9.47 Å². The lowest BCUT2D eigenvalue weighted by Crippen LogP contribution is -2.45. The van der Waals surface area contributed by atoms with E-state index in [1.54, 1.807) is 0 Å². The molecular formula is C38H56N2O4. The van der Waals surface area contributed by atoms with Gasteiger partial charge in [-0.3, -0.25) is 19.4 Å². The number of ether oxygens (including phenoxy) is 2. The Morgan fingerprint density at radius 1 is 0.568 bits per heavy atom. The van der Waals surface area contributed by atoms with E-state index in [1.807, 2.05) is 48.5 Å². The molecule has 2 heterocycles. The molecule has 0 bridgehead atoms. The van der Waals surface area contributed by atoms with Crippen LogP contribution in [0.1, 0.15) is 124 Å². The molecule has 2 aromatic rings. The van der Waals surface area contributed by atoms with Gasteiger partial charge in [-0.15, -0.1) is 0 Å². The second-order valence-corrected chi connectivity index (χ2v) is 12.7. The number of hydrogen-bond acceptors (Lipinski definition) is 6. The highest BCUT2D eigenvalue weighted by molar-refractivity contribution is 6.00. The van der Waals surface area contributed by atoms with E-state index in [4.69, 9.17) is 9.47 Å². The lowest BCUT2D eigenvalue weighted by atomic mass is 9.92. The average molecular weight is 605 g/mol. The molecule has 2 atom stereocenters. The SMILES string of the molecule is CCCCOc1ccc(C(=O)[C@@H](CCCC[C@H](C(=O)c2ccc(OCCCC)cc2)N2CCCCC2)N2CCCCC2)cc1. The second-order valence-electron chi connectivity index (χ2n) is 12.7. The lowest BCUT2D eigenvalue weighted by Gasteiger charge is -2.35. The van der Waals surface area contributed by atoms with Crippen LogP contribution in [0.3, 0.4) is 0 Å². The minimum Gasteiger partial charge on any atom is -0.494 e. The predicted molar refractivity (Wildman–Crippen MR) is 179 cm³/mol. The molecule has 44 heavy (non-hydrogen) atoms. The van der Waals surface area contributed by atoms with E-state index in [-0.39, 0.29) is 23.7 Å². The van der Waals surface area contributed by atoms with Gasteiger partial charge in [0.15, 0.2) is 11.6 Å². The highest BCUT2D eigenvalue weighted by Gasteiger charge is 2.30. The maximum atomic E-state index is 13.8. The summed E-state index contributed by atoms with van der Waals surface area (Å²) >= 11 is 0. The third-order valence-electron chi connectivity index (χ3n) is 9.28. The molecule has 0 unspecified atom stereocenters. The van der Waals surface area contributed by atoms with Crippen LogP contribution in [0.4, 0.5) is 0 Å². The Morgan fingerprint density at radius 2 is 0.932 bits per heavy atom. The Kier molecular flexibility index (Phi) is 14.7. The van der Waals surface area contributed by atoms with Crippen molar-refractivity contribution < 1.29 is 19.1 Å². The third kappa shape index (κ3) is 10.4. The number of unbranched alkanes of at least 4 members (excludes halogenated alkanes) is 3. The van der Waals surface area contributed by atoms with Crippen LogP contribution in [0.15, 0.2) is 48.5 Å². The summed E-state index contributed by atoms with van der Waals surface area (Å²) in [5, 5.41) is 0. The topological polar surface area (TPSA) is 59.1 Å². The molecule has 4 rings (SSSR count). The summed E-state index contributed by atoms with van der Waals surface area (Å²) in [5.74, 6) is 2.10. The Hall–Kier alpha value is -2.70. The first-order valence-corrected chi connectivity index (χ1v) is 17.6. The van der Waals surface area contributed by atoms with E-state index >= 15 is 0 Å². The monoisotopic (exact) mass is 604 g/mol. The molecular weight excluding hydrogens is 548 g/mol. The van der Waals surface area contributed by atoms with E-state index in [1.165, 1.54) is 12.8 Å². The maximum Gasteiger partial charge on any atom is 0.179 e. The standard InChI is InChI=1S/C38H56N2O4/c1-3-5-29-43-33-21-17-31(18-22-33)37(41)35(39-25-11-7-12-26-39)15-9-10-16-36(40-27-13-8-14-28-40)38(42)32-19-23-34(24-20-32)44-30-6-4-2/h17-24,35-36H,3-16,25-30H2,1-2H3/t35-,36-/m1/s1. The van der Waals surface area contributed by atoms with E-state index in [9.17, 15) is 9.59 Å². The van der Waals surface area contributed by atoms with Crippen LogP contribution in [-0.2, 0) is 0 Å². The number of carbonyl (C=O) groups is 2. The molecule has 0 radical (unpaired) electrons. The van der Waals surface area contributed by atoms with Crippen molar-refractivity contribution >= 4 is 11.6 Å². The summed E-state index contributed by atoms with van der Waals surface area (Å²) in [4.78, 5) is 32.5. The van der Waals surface area contributed by atoms with Gasteiger partial charge in [-0.25, -0.2) is 0 Å². The normalized spacial score (nSPS) is 17.6. The van der Waals surface area contributed by atoms with Gasteiger partial charge in [-0.2, -0.15) is 0 Å². The van der Waals surface area contributed by atoms with Crippen LogP contribution >= 0.6 is 0 Å². The van der Waals surface area contributed by atoms with Crippen molar-refractivity contribution in [1.82, 2.24) is 9.80 Å². The molecule has 0 N–H and O–H groups in total. The van der Waals surface area contributed by atoms with Crippen LogP contribution in [0.5, 0.6) is 11.5 Å². The van der Waals surface area contributed by atoms with Crippen molar-refractivity contribution in [3.05, 3.63) is 59.7 Å². The molecule has 0 amide bonds. The van der Waals surface area contributed by atoms with Crippen molar-refractivity contribution in [2.24, 2.45) is 0 Å². The minimum atomic E-state index is -0.105. The number of benzene rings is 2. The third-order valence-corrected chi connectivity index (χ3v) is 9.28. The summed E-state index contributed by atoms with van der Waals surface area (Å²) < 4.78 is 11.7. The first-order valence-electron chi connectivity index (χ1n) is 17.6. The van der Waals surface area contributed by atoms with Gasteiger partial charge in [0.05, 0.1) is 25.3 Å². The Bertz CT molecular complexity index is 1020. The summed E-state index contributed by atoms with van der Waals surface area (Å²) in [6.45, 7) is 9.68. The minimum absolute atomic E-state index is 0.105. The van der Waals surface area contributed by atoms with Gasteiger partial charge in [0.1, 0.15) is 11.5 Å². The first kappa shape index (κ1) is 34.2. The molecule has 0 saturated carbocycles. The highest BCUT2D eigenvalue weighted by Crippen LogP contribution is 2.25. The summed E-state index contributed by atoms with van der Waals surface area (Å²) in [6, 6.07) is 15.3. The zero-order valence-corrected chi connectivity index (χ0v) is 27.4. The zero-order valence-electron chi connectivity index (χ0n) is 27.4. The summed E-state index contributed by atoms with van der Waals surface area (Å²) in [6.07, 6.45) is 14.9. The highest BCUT2D eigenvalue weighted by atomic mass is 16.5. The Morgan fingerprint density at radius 3 is 1.27 bits per heavy atom. The van der Waals surface area contributed by atoms with Gasteiger partial charge >= 0.3 is 0 Å². The van der Waals surface area contributed by atoms with Crippen molar-refractivity contribution in [1.29, 1.82) is 0 Å². The smallest absolute Gasteiger partial charge is 0.179 e. The lowest BCUT2D eigenvalue weighted by molar-refractivity contribution is 0.0733. The number of Topliss-reactive ketones (excluding diaryl/α,β-unsaturated/α-hetero) is 2. The van der Waals surface area contributed by atoms with Crippen LogP contribution in [0.2, 0.25) is 0 Å². The van der Waals surface area contributed by atoms with Gasteiger partial charge in [0, 0.05) is 11.1 Å².